The molecule has 1 aliphatic carbocycles. The molecule has 3 aromatic carbocycles. The van der Waals surface area contributed by atoms with Gasteiger partial charge in [0.25, 0.3) is 0 Å². The number of esters is 1. The van der Waals surface area contributed by atoms with Gasteiger partial charge in [-0.25, -0.2) is 9.59 Å². The standard InChI is InChI=1S/C30H33N3O4/c1-30(2,3)37-28(34)20-16-21(18-22(17-20)33-14-12-31-13-15-33)32-29(35)36-19-27-25-10-6-4-8-23(25)24-9-5-7-11-26(24)27/h4-11,16-18,27,31H,12-15,19H2,1-3H3,(H,32,35). The maximum absolute atomic E-state index is 12.9. The molecule has 7 nitrogen and oxygen atoms in total. The van der Waals surface area contributed by atoms with Crippen molar-refractivity contribution in [1.29, 1.82) is 0 Å². The van der Waals surface area contributed by atoms with Crippen molar-refractivity contribution < 1.29 is 19.1 Å². The lowest BCUT2D eigenvalue weighted by Gasteiger charge is -2.30. The quantitative estimate of drug-likeness (QED) is 0.457. The van der Waals surface area contributed by atoms with Gasteiger partial charge in [-0.05, 0) is 61.2 Å². The number of nitrogens with one attached hydrogen (secondary N) is 2. The van der Waals surface area contributed by atoms with Crippen LogP contribution in [-0.2, 0) is 9.47 Å². The largest absolute Gasteiger partial charge is 0.456 e. The third-order valence-corrected chi connectivity index (χ3v) is 6.62. The van der Waals surface area contributed by atoms with Gasteiger partial charge in [0.2, 0.25) is 0 Å². The number of piperazine rings is 1. The molecule has 0 atom stereocenters. The molecule has 1 aliphatic heterocycles. The van der Waals surface area contributed by atoms with Crippen LogP contribution in [0.1, 0.15) is 48.2 Å². The Morgan fingerprint density at radius 2 is 1.57 bits per heavy atom. The van der Waals surface area contributed by atoms with E-state index >= 15 is 0 Å². The van der Waals surface area contributed by atoms with Crippen LogP contribution in [0, 0.1) is 0 Å². The zero-order chi connectivity index (χ0) is 26.0. The van der Waals surface area contributed by atoms with E-state index in [9.17, 15) is 9.59 Å². The Labute approximate surface area is 217 Å². The van der Waals surface area contributed by atoms with Crippen molar-refractivity contribution in [3.8, 4) is 11.1 Å². The van der Waals surface area contributed by atoms with Gasteiger partial charge < -0.3 is 19.7 Å². The van der Waals surface area contributed by atoms with Gasteiger partial charge in [-0.1, -0.05) is 48.5 Å². The molecule has 1 amide bonds. The molecule has 7 heteroatoms. The molecule has 2 N–H and O–H groups in total. The van der Waals surface area contributed by atoms with Crippen molar-refractivity contribution in [1.82, 2.24) is 5.32 Å². The molecule has 192 valence electrons. The first kappa shape index (κ1) is 24.8. The van der Waals surface area contributed by atoms with Gasteiger partial charge in [0.05, 0.1) is 5.56 Å². The first-order valence-electron chi connectivity index (χ1n) is 12.7. The maximum Gasteiger partial charge on any atom is 0.411 e. The molecular weight excluding hydrogens is 466 g/mol. The van der Waals surface area contributed by atoms with Crippen LogP contribution in [0.3, 0.4) is 0 Å². The number of rotatable bonds is 5. The number of carbonyl (C=O) groups is 2. The smallest absolute Gasteiger partial charge is 0.411 e. The van der Waals surface area contributed by atoms with Crippen molar-refractivity contribution in [2.24, 2.45) is 0 Å². The highest BCUT2D eigenvalue weighted by molar-refractivity contribution is 5.94. The van der Waals surface area contributed by atoms with Gasteiger partial charge in [0.15, 0.2) is 0 Å². The lowest BCUT2D eigenvalue weighted by molar-refractivity contribution is 0.00694. The van der Waals surface area contributed by atoms with Crippen LogP contribution in [0.15, 0.2) is 66.7 Å². The van der Waals surface area contributed by atoms with Gasteiger partial charge in [0, 0.05) is 43.5 Å². The van der Waals surface area contributed by atoms with E-state index in [-0.39, 0.29) is 12.5 Å². The molecule has 1 heterocycles. The second-order valence-corrected chi connectivity index (χ2v) is 10.5. The lowest BCUT2D eigenvalue weighted by atomic mass is 9.98. The van der Waals surface area contributed by atoms with Crippen molar-refractivity contribution >= 4 is 23.4 Å². The SMILES string of the molecule is CC(C)(C)OC(=O)c1cc(NC(=O)OCC2c3ccccc3-c3ccccc32)cc(N2CCNCC2)c1. The predicted octanol–water partition coefficient (Wildman–Crippen LogP) is 5.41. The molecule has 37 heavy (non-hydrogen) atoms. The minimum absolute atomic E-state index is 0.0253. The minimum atomic E-state index is -0.622. The van der Waals surface area contributed by atoms with E-state index in [1.807, 2.05) is 57.2 Å². The van der Waals surface area contributed by atoms with E-state index < -0.39 is 17.7 Å². The highest BCUT2D eigenvalue weighted by Gasteiger charge is 2.29. The van der Waals surface area contributed by atoms with Gasteiger partial charge in [-0.2, -0.15) is 0 Å². The Hall–Kier alpha value is -3.84. The lowest BCUT2D eigenvalue weighted by Crippen LogP contribution is -2.43. The normalized spacial score (nSPS) is 15.1. The fraction of sp³-hybridized carbons (Fsp3) is 0.333. The van der Waals surface area contributed by atoms with Gasteiger partial charge in [-0.3, -0.25) is 5.32 Å². The van der Waals surface area contributed by atoms with Crippen LogP contribution in [0.4, 0.5) is 16.2 Å². The van der Waals surface area contributed by atoms with Crippen LogP contribution < -0.4 is 15.5 Å². The van der Waals surface area contributed by atoms with Crippen LogP contribution >= 0.6 is 0 Å². The van der Waals surface area contributed by atoms with E-state index in [2.05, 4.69) is 39.8 Å². The van der Waals surface area contributed by atoms with Crippen LogP contribution in [-0.4, -0.2) is 50.4 Å². The van der Waals surface area contributed by atoms with Gasteiger partial charge >= 0.3 is 12.1 Å². The molecule has 0 unspecified atom stereocenters. The van der Waals surface area contributed by atoms with E-state index in [1.165, 1.54) is 11.1 Å². The molecule has 0 spiro atoms. The summed E-state index contributed by atoms with van der Waals surface area (Å²) in [4.78, 5) is 28.0. The number of nitrogens with zero attached hydrogens (tertiary/aromatic N) is 1. The molecule has 5 rings (SSSR count). The van der Waals surface area contributed by atoms with Crippen LogP contribution in [0.5, 0.6) is 0 Å². The summed E-state index contributed by atoms with van der Waals surface area (Å²) in [6.07, 6.45) is -0.561. The summed E-state index contributed by atoms with van der Waals surface area (Å²) >= 11 is 0. The first-order chi connectivity index (χ1) is 17.8. The van der Waals surface area contributed by atoms with Crippen LogP contribution in [0.2, 0.25) is 0 Å². The van der Waals surface area contributed by atoms with E-state index in [0.29, 0.717) is 11.3 Å². The number of amides is 1. The van der Waals surface area contributed by atoms with Crippen LogP contribution in [0.25, 0.3) is 11.1 Å². The molecule has 0 aromatic heterocycles. The molecule has 1 fully saturated rings. The summed E-state index contributed by atoms with van der Waals surface area (Å²) < 4.78 is 11.3. The topological polar surface area (TPSA) is 79.9 Å². The molecule has 0 bridgehead atoms. The zero-order valence-electron chi connectivity index (χ0n) is 21.5. The Bertz CT molecular complexity index is 1260. The van der Waals surface area contributed by atoms with Gasteiger partial charge in [0.1, 0.15) is 12.2 Å². The molecule has 3 aromatic rings. The van der Waals surface area contributed by atoms with E-state index in [0.717, 1.165) is 43.0 Å². The summed E-state index contributed by atoms with van der Waals surface area (Å²) in [6, 6.07) is 21.8. The van der Waals surface area contributed by atoms with Crippen molar-refractivity contribution in [3.63, 3.8) is 0 Å². The molecule has 1 saturated heterocycles. The molecule has 0 radical (unpaired) electrons. The Morgan fingerprint density at radius 3 is 2.19 bits per heavy atom. The second kappa shape index (κ2) is 10.3. The number of ether oxygens (including phenoxy) is 2. The first-order valence-corrected chi connectivity index (χ1v) is 12.7. The van der Waals surface area contributed by atoms with Gasteiger partial charge in [-0.15, -0.1) is 0 Å². The van der Waals surface area contributed by atoms with E-state index in [4.69, 9.17) is 9.47 Å². The predicted molar refractivity (Wildman–Crippen MR) is 145 cm³/mol. The monoisotopic (exact) mass is 499 g/mol. The summed E-state index contributed by atoms with van der Waals surface area (Å²) in [7, 11) is 0. The summed E-state index contributed by atoms with van der Waals surface area (Å²) in [5.41, 5.74) is 5.79. The summed E-state index contributed by atoms with van der Waals surface area (Å²) in [5, 5.41) is 6.17. The highest BCUT2D eigenvalue weighted by atomic mass is 16.6. The number of fused-ring (bicyclic) bond motifs is 3. The fourth-order valence-corrected chi connectivity index (χ4v) is 5.00. The Balaban J connectivity index is 1.33. The highest BCUT2D eigenvalue weighted by Crippen LogP contribution is 2.44. The van der Waals surface area contributed by atoms with E-state index in [1.54, 1.807) is 6.07 Å². The molecular formula is C30H33N3O4. The average Bonchev–Trinajstić information content (AvgIpc) is 3.20. The molecule has 0 saturated carbocycles. The number of benzene rings is 3. The minimum Gasteiger partial charge on any atom is -0.456 e. The van der Waals surface area contributed by atoms with Crippen molar-refractivity contribution in [2.75, 3.05) is 43.0 Å². The van der Waals surface area contributed by atoms with Crippen molar-refractivity contribution in [3.05, 3.63) is 83.4 Å². The summed E-state index contributed by atoms with van der Waals surface area (Å²) in [5.74, 6) is -0.456. The van der Waals surface area contributed by atoms with Crippen molar-refractivity contribution in [2.45, 2.75) is 32.3 Å². The fourth-order valence-electron chi connectivity index (χ4n) is 5.00. The number of hydrogen-bond acceptors (Lipinski definition) is 6. The third kappa shape index (κ3) is 5.62. The number of carbonyl (C=O) groups excluding carboxylic acids is 2. The molecule has 2 aliphatic rings. The Kier molecular flexibility index (Phi) is 6.89. The zero-order valence-corrected chi connectivity index (χ0v) is 21.5. The Morgan fingerprint density at radius 1 is 0.946 bits per heavy atom. The third-order valence-electron chi connectivity index (χ3n) is 6.62. The average molecular weight is 500 g/mol. The number of anilines is 2. The number of hydrogen-bond donors (Lipinski definition) is 2. The summed E-state index contributed by atoms with van der Waals surface area (Å²) in [6.45, 7) is 9.04. The second-order valence-electron chi connectivity index (χ2n) is 10.5. The maximum atomic E-state index is 12.9.